The highest BCUT2D eigenvalue weighted by Gasteiger charge is 2.11. The van der Waals surface area contributed by atoms with Crippen molar-refractivity contribution < 1.29 is 0 Å². The Morgan fingerprint density at radius 3 is 2.81 bits per heavy atom. The molecule has 1 unspecified atom stereocenters. The molecule has 4 nitrogen and oxygen atoms in total. The number of nitrogens with zero attached hydrogens (tertiary/aromatic N) is 2. The van der Waals surface area contributed by atoms with E-state index in [0.717, 1.165) is 17.8 Å². The molecular weight excluding hydrogens is 260 g/mol. The maximum Gasteiger partial charge on any atom is 0.0710 e. The Balaban J connectivity index is 1.98. The normalized spacial score (nSPS) is 12.5. The Morgan fingerprint density at radius 1 is 1.19 bits per heavy atom. The molecule has 0 aliphatic heterocycles. The van der Waals surface area contributed by atoms with Crippen LogP contribution in [0.5, 0.6) is 0 Å². The summed E-state index contributed by atoms with van der Waals surface area (Å²) in [5, 5.41) is 11.0. The summed E-state index contributed by atoms with van der Waals surface area (Å²) < 4.78 is 0. The molecular formula is C17H26N4. The number of aromatic nitrogens is 3. The van der Waals surface area contributed by atoms with Gasteiger partial charge in [0.2, 0.25) is 0 Å². The first-order chi connectivity index (χ1) is 10.3. The number of rotatable bonds is 9. The number of H-pyrrole nitrogens is 1. The van der Waals surface area contributed by atoms with Gasteiger partial charge in [0.25, 0.3) is 0 Å². The van der Waals surface area contributed by atoms with Gasteiger partial charge in [-0.25, -0.2) is 0 Å². The second kappa shape index (κ2) is 8.57. The van der Waals surface area contributed by atoms with Crippen LogP contribution in [-0.2, 0) is 6.54 Å². The second-order valence-electron chi connectivity index (χ2n) is 5.52. The van der Waals surface area contributed by atoms with Gasteiger partial charge in [-0.3, -0.25) is 10.1 Å². The van der Waals surface area contributed by atoms with Crippen molar-refractivity contribution in [3.8, 4) is 11.3 Å². The lowest BCUT2D eigenvalue weighted by Crippen LogP contribution is -2.28. The van der Waals surface area contributed by atoms with Crippen molar-refractivity contribution in [1.29, 1.82) is 0 Å². The van der Waals surface area contributed by atoms with Gasteiger partial charge in [-0.2, -0.15) is 5.10 Å². The standard InChI is InChI=1S/C17H26N4/c1-3-5-9-16(7-4-2)19-12-15-13-20-21-17(15)14-8-6-10-18-11-14/h6,8,10-11,13,16,19H,3-5,7,9,12H2,1-2H3,(H,20,21). The fourth-order valence-electron chi connectivity index (χ4n) is 2.61. The molecule has 0 bridgehead atoms. The third-order valence-electron chi connectivity index (χ3n) is 3.79. The zero-order chi connectivity index (χ0) is 14.9. The van der Waals surface area contributed by atoms with Crippen LogP contribution in [0.2, 0.25) is 0 Å². The third-order valence-corrected chi connectivity index (χ3v) is 3.79. The monoisotopic (exact) mass is 286 g/mol. The molecule has 114 valence electrons. The zero-order valence-electron chi connectivity index (χ0n) is 13.1. The van der Waals surface area contributed by atoms with Gasteiger partial charge < -0.3 is 5.32 Å². The van der Waals surface area contributed by atoms with Crippen LogP contribution in [0, 0.1) is 0 Å². The van der Waals surface area contributed by atoms with Crippen molar-refractivity contribution in [3.05, 3.63) is 36.3 Å². The molecule has 0 saturated carbocycles. The number of nitrogens with one attached hydrogen (secondary N) is 2. The molecule has 21 heavy (non-hydrogen) atoms. The molecule has 2 aromatic heterocycles. The van der Waals surface area contributed by atoms with E-state index in [-0.39, 0.29) is 0 Å². The van der Waals surface area contributed by atoms with Crippen molar-refractivity contribution in [1.82, 2.24) is 20.5 Å². The SMILES string of the molecule is CCCCC(CCC)NCc1cn[nH]c1-c1cccnc1. The summed E-state index contributed by atoms with van der Waals surface area (Å²) in [5.74, 6) is 0. The van der Waals surface area contributed by atoms with Gasteiger partial charge in [-0.15, -0.1) is 0 Å². The van der Waals surface area contributed by atoms with E-state index in [1.807, 2.05) is 18.5 Å². The van der Waals surface area contributed by atoms with Crippen molar-refractivity contribution in [3.63, 3.8) is 0 Å². The summed E-state index contributed by atoms with van der Waals surface area (Å²) >= 11 is 0. The fourth-order valence-corrected chi connectivity index (χ4v) is 2.61. The summed E-state index contributed by atoms with van der Waals surface area (Å²) in [7, 11) is 0. The quantitative estimate of drug-likeness (QED) is 0.734. The lowest BCUT2D eigenvalue weighted by Gasteiger charge is -2.17. The molecule has 0 radical (unpaired) electrons. The topological polar surface area (TPSA) is 53.6 Å². The van der Waals surface area contributed by atoms with Crippen molar-refractivity contribution in [2.75, 3.05) is 0 Å². The molecule has 0 saturated heterocycles. The van der Waals surface area contributed by atoms with E-state index in [0.29, 0.717) is 6.04 Å². The van der Waals surface area contributed by atoms with E-state index < -0.39 is 0 Å². The second-order valence-corrected chi connectivity index (χ2v) is 5.52. The van der Waals surface area contributed by atoms with Gasteiger partial charge in [0, 0.05) is 36.1 Å². The maximum atomic E-state index is 4.19. The van der Waals surface area contributed by atoms with Gasteiger partial charge in [-0.05, 0) is 25.0 Å². The Bertz CT molecular complexity index is 507. The minimum absolute atomic E-state index is 0.603. The van der Waals surface area contributed by atoms with Crippen LogP contribution in [-0.4, -0.2) is 21.2 Å². The molecule has 1 atom stereocenters. The highest BCUT2D eigenvalue weighted by molar-refractivity contribution is 5.61. The highest BCUT2D eigenvalue weighted by atomic mass is 15.1. The summed E-state index contributed by atoms with van der Waals surface area (Å²) in [6.45, 7) is 5.36. The van der Waals surface area contributed by atoms with Crippen LogP contribution < -0.4 is 5.32 Å². The predicted molar refractivity (Wildman–Crippen MR) is 86.9 cm³/mol. The number of aromatic amines is 1. The van der Waals surface area contributed by atoms with Gasteiger partial charge in [0.05, 0.1) is 11.9 Å². The molecule has 0 spiro atoms. The summed E-state index contributed by atoms with van der Waals surface area (Å²) in [5.41, 5.74) is 3.37. The molecule has 2 rings (SSSR count). The zero-order valence-corrected chi connectivity index (χ0v) is 13.1. The van der Waals surface area contributed by atoms with Gasteiger partial charge in [-0.1, -0.05) is 33.1 Å². The molecule has 0 aliphatic carbocycles. The Labute approximate surface area is 127 Å². The summed E-state index contributed by atoms with van der Waals surface area (Å²) in [6, 6.07) is 4.62. The summed E-state index contributed by atoms with van der Waals surface area (Å²) in [6.07, 6.45) is 11.8. The summed E-state index contributed by atoms with van der Waals surface area (Å²) in [4.78, 5) is 4.18. The fraction of sp³-hybridized carbons (Fsp3) is 0.529. The number of hydrogen-bond acceptors (Lipinski definition) is 3. The van der Waals surface area contributed by atoms with E-state index in [1.54, 1.807) is 6.20 Å². The largest absolute Gasteiger partial charge is 0.310 e. The average molecular weight is 286 g/mol. The highest BCUT2D eigenvalue weighted by Crippen LogP contribution is 2.20. The van der Waals surface area contributed by atoms with Crippen molar-refractivity contribution >= 4 is 0 Å². The number of hydrogen-bond donors (Lipinski definition) is 2. The van der Waals surface area contributed by atoms with Crippen LogP contribution >= 0.6 is 0 Å². The molecule has 0 aliphatic rings. The van der Waals surface area contributed by atoms with Gasteiger partial charge in [0.15, 0.2) is 0 Å². The molecule has 2 aromatic rings. The maximum absolute atomic E-state index is 4.19. The first-order valence-electron chi connectivity index (χ1n) is 8.01. The molecule has 2 heterocycles. The van der Waals surface area contributed by atoms with E-state index in [4.69, 9.17) is 0 Å². The predicted octanol–water partition coefficient (Wildman–Crippen LogP) is 3.92. The van der Waals surface area contributed by atoms with Crippen LogP contribution in [0.1, 0.15) is 51.5 Å². The van der Waals surface area contributed by atoms with Crippen LogP contribution in [0.25, 0.3) is 11.3 Å². The molecule has 0 fully saturated rings. The van der Waals surface area contributed by atoms with E-state index in [1.165, 1.54) is 37.7 Å². The first-order valence-corrected chi connectivity index (χ1v) is 8.01. The minimum atomic E-state index is 0.603. The van der Waals surface area contributed by atoms with Crippen molar-refractivity contribution in [2.45, 2.75) is 58.5 Å². The molecule has 0 aromatic carbocycles. The number of unbranched alkanes of at least 4 members (excludes halogenated alkanes) is 1. The Hall–Kier alpha value is -1.68. The smallest absolute Gasteiger partial charge is 0.0710 e. The molecule has 2 N–H and O–H groups in total. The lowest BCUT2D eigenvalue weighted by atomic mass is 10.0. The van der Waals surface area contributed by atoms with E-state index in [2.05, 4.69) is 40.4 Å². The Morgan fingerprint density at radius 2 is 2.10 bits per heavy atom. The third kappa shape index (κ3) is 4.67. The molecule has 4 heteroatoms. The average Bonchev–Trinajstić information content (AvgIpc) is 2.99. The van der Waals surface area contributed by atoms with Crippen molar-refractivity contribution in [2.24, 2.45) is 0 Å². The van der Waals surface area contributed by atoms with Crippen LogP contribution in [0.4, 0.5) is 0 Å². The van der Waals surface area contributed by atoms with E-state index in [9.17, 15) is 0 Å². The van der Waals surface area contributed by atoms with Gasteiger partial charge >= 0.3 is 0 Å². The number of pyridine rings is 1. The van der Waals surface area contributed by atoms with Crippen LogP contribution in [0.3, 0.4) is 0 Å². The minimum Gasteiger partial charge on any atom is -0.310 e. The van der Waals surface area contributed by atoms with Gasteiger partial charge in [0.1, 0.15) is 0 Å². The van der Waals surface area contributed by atoms with E-state index >= 15 is 0 Å². The molecule has 0 amide bonds. The lowest BCUT2D eigenvalue weighted by molar-refractivity contribution is 0.434. The first kappa shape index (κ1) is 15.7. The van der Waals surface area contributed by atoms with Crippen LogP contribution in [0.15, 0.2) is 30.7 Å². The Kier molecular flexibility index (Phi) is 6.41.